The van der Waals surface area contributed by atoms with Gasteiger partial charge in [0.05, 0.1) is 19.8 Å². The van der Waals surface area contributed by atoms with Gasteiger partial charge in [0.2, 0.25) is 0 Å². The van der Waals surface area contributed by atoms with Gasteiger partial charge in [-0.1, -0.05) is 6.07 Å². The van der Waals surface area contributed by atoms with Crippen LogP contribution >= 0.6 is 0 Å². The number of aliphatic hydroxyl groups is 1. The molecule has 0 fully saturated rings. The van der Waals surface area contributed by atoms with Crippen molar-refractivity contribution in [3.05, 3.63) is 23.8 Å². The molecule has 0 aliphatic carbocycles. The Bertz CT molecular complexity index is 488. The molecule has 0 radical (unpaired) electrons. The van der Waals surface area contributed by atoms with Gasteiger partial charge in [0.15, 0.2) is 17.6 Å². The Morgan fingerprint density at radius 2 is 2.00 bits per heavy atom. The summed E-state index contributed by atoms with van der Waals surface area (Å²) in [6.45, 7) is 0.0344. The molecule has 0 bridgehead atoms. The second-order valence-corrected chi connectivity index (χ2v) is 3.94. The van der Waals surface area contributed by atoms with Gasteiger partial charge >= 0.3 is 5.97 Å². The lowest BCUT2D eigenvalue weighted by molar-refractivity contribution is -0.146. The molecule has 0 aromatic heterocycles. The molecule has 1 aromatic rings. The number of benzene rings is 1. The fraction of sp³-hybridized carbons (Fsp3) is 0.385. The van der Waals surface area contributed by atoms with Crippen LogP contribution in [0.1, 0.15) is 16.8 Å². The number of methoxy groups -OCH3 is 2. The van der Waals surface area contributed by atoms with Crippen molar-refractivity contribution in [1.82, 2.24) is 5.32 Å². The summed E-state index contributed by atoms with van der Waals surface area (Å²) in [6, 6.07) is 4.86. The summed E-state index contributed by atoms with van der Waals surface area (Å²) in [5, 5.41) is 20.1. The van der Waals surface area contributed by atoms with E-state index in [1.807, 2.05) is 0 Å². The number of rotatable bonds is 7. The van der Waals surface area contributed by atoms with E-state index in [0.717, 1.165) is 0 Å². The molecule has 1 rings (SSSR count). The van der Waals surface area contributed by atoms with Crippen LogP contribution < -0.4 is 14.8 Å². The van der Waals surface area contributed by atoms with Crippen LogP contribution in [0.2, 0.25) is 0 Å². The lowest BCUT2D eigenvalue weighted by Gasteiger charge is -2.13. The largest absolute Gasteiger partial charge is 0.493 e. The van der Waals surface area contributed by atoms with Crippen molar-refractivity contribution < 1.29 is 29.3 Å². The lowest BCUT2D eigenvalue weighted by atomic mass is 10.1. The van der Waals surface area contributed by atoms with E-state index in [0.29, 0.717) is 11.5 Å². The van der Waals surface area contributed by atoms with E-state index in [2.05, 4.69) is 5.32 Å². The second-order valence-electron chi connectivity index (χ2n) is 3.94. The fourth-order valence-corrected chi connectivity index (χ4v) is 1.61. The number of nitrogens with one attached hydrogen (secondary N) is 1. The van der Waals surface area contributed by atoms with E-state index < -0.39 is 18.0 Å². The Balaban J connectivity index is 2.71. The molecular formula is C13H17NO6. The smallest absolute Gasteiger partial charge is 0.332 e. The van der Waals surface area contributed by atoms with Gasteiger partial charge in [0.1, 0.15) is 0 Å². The highest BCUT2D eigenvalue weighted by molar-refractivity contribution is 5.97. The van der Waals surface area contributed by atoms with Crippen molar-refractivity contribution in [3.8, 4) is 11.5 Å². The third-order valence-electron chi connectivity index (χ3n) is 2.64. The maximum atomic E-state index is 12.0. The number of amides is 1. The molecule has 20 heavy (non-hydrogen) atoms. The lowest BCUT2D eigenvalue weighted by Crippen LogP contribution is -2.30. The fourth-order valence-electron chi connectivity index (χ4n) is 1.61. The van der Waals surface area contributed by atoms with Gasteiger partial charge in [-0.15, -0.1) is 0 Å². The van der Waals surface area contributed by atoms with Gasteiger partial charge in [-0.05, 0) is 12.1 Å². The van der Waals surface area contributed by atoms with Crippen LogP contribution in [0, 0.1) is 0 Å². The Morgan fingerprint density at radius 3 is 2.55 bits per heavy atom. The maximum absolute atomic E-state index is 12.0. The van der Waals surface area contributed by atoms with Crippen molar-refractivity contribution in [2.45, 2.75) is 12.5 Å². The van der Waals surface area contributed by atoms with Crippen molar-refractivity contribution in [2.24, 2.45) is 0 Å². The molecule has 0 heterocycles. The summed E-state index contributed by atoms with van der Waals surface area (Å²) < 4.78 is 10.2. The van der Waals surface area contributed by atoms with E-state index in [9.17, 15) is 9.59 Å². The summed E-state index contributed by atoms with van der Waals surface area (Å²) in [7, 11) is 2.88. The Labute approximate surface area is 116 Å². The van der Waals surface area contributed by atoms with Crippen molar-refractivity contribution in [1.29, 1.82) is 0 Å². The van der Waals surface area contributed by atoms with Crippen LogP contribution in [0.4, 0.5) is 0 Å². The summed E-state index contributed by atoms with van der Waals surface area (Å²) >= 11 is 0. The van der Waals surface area contributed by atoms with Gasteiger partial charge < -0.3 is 25.0 Å². The number of aliphatic carboxylic acids is 1. The summed E-state index contributed by atoms with van der Waals surface area (Å²) in [4.78, 5) is 22.4. The molecule has 0 spiro atoms. The molecule has 0 saturated heterocycles. The molecule has 110 valence electrons. The van der Waals surface area contributed by atoms with Crippen LogP contribution in [-0.2, 0) is 4.79 Å². The first-order valence-electron chi connectivity index (χ1n) is 5.91. The van der Waals surface area contributed by atoms with Crippen molar-refractivity contribution in [2.75, 3.05) is 20.8 Å². The SMILES string of the molecule is COc1cccc(C(=O)NCCC(O)C(=O)O)c1OC. The zero-order chi connectivity index (χ0) is 15.1. The highest BCUT2D eigenvalue weighted by Crippen LogP contribution is 2.30. The average Bonchev–Trinajstić information content (AvgIpc) is 2.45. The zero-order valence-electron chi connectivity index (χ0n) is 11.3. The Morgan fingerprint density at radius 1 is 1.30 bits per heavy atom. The average molecular weight is 283 g/mol. The highest BCUT2D eigenvalue weighted by atomic mass is 16.5. The van der Waals surface area contributed by atoms with Crippen LogP contribution in [0.15, 0.2) is 18.2 Å². The van der Waals surface area contributed by atoms with Gasteiger partial charge in [0, 0.05) is 13.0 Å². The second kappa shape index (κ2) is 7.34. The summed E-state index contributed by atoms with van der Waals surface area (Å²) in [5.41, 5.74) is 0.275. The summed E-state index contributed by atoms with van der Waals surface area (Å²) in [5.74, 6) is -1.03. The predicted molar refractivity (Wildman–Crippen MR) is 70.1 cm³/mol. The number of carbonyl (C=O) groups is 2. The molecule has 0 aliphatic rings. The number of para-hydroxylation sites is 1. The van der Waals surface area contributed by atoms with Crippen LogP contribution in [0.5, 0.6) is 11.5 Å². The van der Waals surface area contributed by atoms with E-state index in [-0.39, 0.29) is 18.5 Å². The number of ether oxygens (including phenoxy) is 2. The first kappa shape index (κ1) is 15.8. The van der Waals surface area contributed by atoms with Crippen molar-refractivity contribution in [3.63, 3.8) is 0 Å². The normalized spacial score (nSPS) is 11.6. The number of carboxylic acid groups (broad SMARTS) is 1. The van der Waals surface area contributed by atoms with Gasteiger partial charge in [0.25, 0.3) is 5.91 Å². The third kappa shape index (κ3) is 3.86. The standard InChI is InChI=1S/C13H17NO6/c1-19-10-5-3-4-8(11(10)20-2)12(16)14-7-6-9(15)13(17)18/h3-5,9,15H,6-7H2,1-2H3,(H,14,16)(H,17,18). The molecule has 1 aromatic carbocycles. The number of aliphatic hydroxyl groups excluding tert-OH is 1. The quantitative estimate of drug-likeness (QED) is 0.663. The van der Waals surface area contributed by atoms with Crippen LogP contribution in [0.25, 0.3) is 0 Å². The van der Waals surface area contributed by atoms with E-state index in [4.69, 9.17) is 19.7 Å². The molecule has 1 atom stereocenters. The maximum Gasteiger partial charge on any atom is 0.332 e. The Kier molecular flexibility index (Phi) is 5.79. The number of hydrogen-bond acceptors (Lipinski definition) is 5. The monoisotopic (exact) mass is 283 g/mol. The minimum absolute atomic E-state index is 0.0344. The number of hydrogen-bond donors (Lipinski definition) is 3. The topological polar surface area (TPSA) is 105 Å². The van der Waals surface area contributed by atoms with E-state index >= 15 is 0 Å². The molecular weight excluding hydrogens is 266 g/mol. The molecule has 0 saturated carbocycles. The highest BCUT2D eigenvalue weighted by Gasteiger charge is 2.17. The van der Waals surface area contributed by atoms with Gasteiger partial charge in [-0.3, -0.25) is 4.79 Å². The molecule has 1 amide bonds. The predicted octanol–water partition coefficient (Wildman–Crippen LogP) is 0.269. The minimum atomic E-state index is -1.50. The number of carbonyl (C=O) groups excluding carboxylic acids is 1. The van der Waals surface area contributed by atoms with E-state index in [1.165, 1.54) is 14.2 Å². The molecule has 3 N–H and O–H groups in total. The van der Waals surface area contributed by atoms with Crippen LogP contribution in [-0.4, -0.2) is 49.0 Å². The first-order valence-corrected chi connectivity index (χ1v) is 5.91. The molecule has 0 aliphatic heterocycles. The van der Waals surface area contributed by atoms with Gasteiger partial charge in [-0.25, -0.2) is 4.79 Å². The summed E-state index contributed by atoms with van der Waals surface area (Å²) in [6.07, 6.45) is -1.57. The molecule has 7 heteroatoms. The third-order valence-corrected chi connectivity index (χ3v) is 2.64. The first-order chi connectivity index (χ1) is 9.51. The molecule has 7 nitrogen and oxygen atoms in total. The van der Waals surface area contributed by atoms with Gasteiger partial charge in [-0.2, -0.15) is 0 Å². The number of carboxylic acids is 1. The van der Waals surface area contributed by atoms with E-state index in [1.54, 1.807) is 18.2 Å². The molecule has 1 unspecified atom stereocenters. The zero-order valence-corrected chi connectivity index (χ0v) is 11.3. The minimum Gasteiger partial charge on any atom is -0.493 e. The Hall–Kier alpha value is -2.28. The van der Waals surface area contributed by atoms with Crippen molar-refractivity contribution >= 4 is 11.9 Å². The van der Waals surface area contributed by atoms with Crippen LogP contribution in [0.3, 0.4) is 0 Å².